The molecule has 1 aromatic heterocycles. The van der Waals surface area contributed by atoms with Gasteiger partial charge in [0.25, 0.3) is 0 Å². The molecule has 1 unspecified atom stereocenters. The van der Waals surface area contributed by atoms with Crippen LogP contribution in [0.3, 0.4) is 0 Å². The zero-order chi connectivity index (χ0) is 21.0. The van der Waals surface area contributed by atoms with E-state index < -0.39 is 11.7 Å². The van der Waals surface area contributed by atoms with Crippen molar-refractivity contribution in [2.75, 3.05) is 31.1 Å². The van der Waals surface area contributed by atoms with Gasteiger partial charge < -0.3 is 9.80 Å². The Kier molecular flexibility index (Phi) is 6.39. The molecule has 0 aliphatic carbocycles. The topological polar surface area (TPSA) is 36.4 Å². The molecular weight excluding hydrogens is 386 g/mol. The van der Waals surface area contributed by atoms with E-state index in [1.54, 1.807) is 17.0 Å². The number of anilines is 1. The van der Waals surface area contributed by atoms with Gasteiger partial charge in [0.2, 0.25) is 5.91 Å². The van der Waals surface area contributed by atoms with E-state index >= 15 is 0 Å². The van der Waals surface area contributed by atoms with Gasteiger partial charge in [0.1, 0.15) is 11.6 Å². The second kappa shape index (κ2) is 8.80. The quantitative estimate of drug-likeness (QED) is 0.712. The minimum atomic E-state index is -4.41. The first kappa shape index (κ1) is 21.1. The van der Waals surface area contributed by atoms with Gasteiger partial charge in [-0.25, -0.2) is 9.37 Å². The van der Waals surface area contributed by atoms with E-state index in [-0.39, 0.29) is 17.6 Å². The highest BCUT2D eigenvalue weighted by Gasteiger charge is 2.31. The third-order valence-corrected chi connectivity index (χ3v) is 5.06. The van der Waals surface area contributed by atoms with Gasteiger partial charge in [-0.3, -0.25) is 4.79 Å². The molecule has 156 valence electrons. The third-order valence-electron chi connectivity index (χ3n) is 5.06. The van der Waals surface area contributed by atoms with Crippen LogP contribution in [0.5, 0.6) is 0 Å². The number of benzene rings is 1. The molecule has 2 aromatic rings. The van der Waals surface area contributed by atoms with E-state index in [2.05, 4.69) is 4.98 Å². The zero-order valence-corrected chi connectivity index (χ0v) is 16.1. The van der Waals surface area contributed by atoms with Crippen molar-refractivity contribution in [2.24, 2.45) is 5.92 Å². The molecule has 1 aromatic carbocycles. The predicted molar refractivity (Wildman–Crippen MR) is 102 cm³/mol. The summed E-state index contributed by atoms with van der Waals surface area (Å²) in [6.45, 7) is 3.98. The molecule has 0 N–H and O–H groups in total. The van der Waals surface area contributed by atoms with Gasteiger partial charge in [-0.05, 0) is 42.7 Å². The number of pyridine rings is 1. The molecule has 0 radical (unpaired) electrons. The van der Waals surface area contributed by atoms with Crippen LogP contribution in [-0.2, 0) is 17.4 Å². The fourth-order valence-electron chi connectivity index (χ4n) is 3.52. The summed E-state index contributed by atoms with van der Waals surface area (Å²) >= 11 is 0. The number of rotatable bonds is 4. The van der Waals surface area contributed by atoms with Crippen molar-refractivity contribution < 1.29 is 22.4 Å². The summed E-state index contributed by atoms with van der Waals surface area (Å²) in [5.74, 6) is -0.138. The lowest BCUT2D eigenvalue weighted by Crippen LogP contribution is -2.39. The number of nitrogens with zero attached hydrogens (tertiary/aromatic N) is 3. The van der Waals surface area contributed by atoms with E-state index in [4.69, 9.17) is 0 Å². The molecule has 2 heterocycles. The minimum absolute atomic E-state index is 0.00325. The summed E-state index contributed by atoms with van der Waals surface area (Å²) in [4.78, 5) is 20.4. The van der Waals surface area contributed by atoms with Crippen LogP contribution in [0.1, 0.15) is 24.5 Å². The van der Waals surface area contributed by atoms with E-state index in [9.17, 15) is 22.4 Å². The van der Waals surface area contributed by atoms with Gasteiger partial charge in [0, 0.05) is 38.3 Å². The Morgan fingerprint density at radius 3 is 2.59 bits per heavy atom. The number of aromatic nitrogens is 1. The smallest absolute Gasteiger partial charge is 0.355 e. The average molecular weight is 409 g/mol. The van der Waals surface area contributed by atoms with Crippen LogP contribution < -0.4 is 4.90 Å². The van der Waals surface area contributed by atoms with E-state index in [1.807, 2.05) is 11.8 Å². The van der Waals surface area contributed by atoms with Crippen LogP contribution in [0.4, 0.5) is 23.4 Å². The highest BCUT2D eigenvalue weighted by molar-refractivity contribution is 5.79. The zero-order valence-electron chi connectivity index (χ0n) is 16.1. The van der Waals surface area contributed by atoms with Crippen molar-refractivity contribution in [3.8, 4) is 0 Å². The van der Waals surface area contributed by atoms with E-state index in [1.165, 1.54) is 18.2 Å². The summed E-state index contributed by atoms with van der Waals surface area (Å²) in [7, 11) is 0. The predicted octanol–water partition coefficient (Wildman–Crippen LogP) is 4.16. The SMILES string of the molecule is CC(Cc1cccc(F)c1)C(=O)N1CCCN(c2ccc(C(F)(F)F)cn2)CC1. The molecule has 1 amide bonds. The average Bonchev–Trinajstić information content (AvgIpc) is 2.93. The Labute approximate surface area is 167 Å². The summed E-state index contributed by atoms with van der Waals surface area (Å²) in [6, 6.07) is 8.62. The maximum Gasteiger partial charge on any atom is 0.417 e. The van der Waals surface area contributed by atoms with Crippen molar-refractivity contribution >= 4 is 11.7 Å². The number of amides is 1. The highest BCUT2D eigenvalue weighted by atomic mass is 19.4. The fourth-order valence-corrected chi connectivity index (χ4v) is 3.52. The molecule has 0 spiro atoms. The number of carbonyl (C=O) groups is 1. The van der Waals surface area contributed by atoms with Gasteiger partial charge in [0.15, 0.2) is 0 Å². The second-order valence-corrected chi connectivity index (χ2v) is 7.30. The number of halogens is 4. The molecule has 4 nitrogen and oxygen atoms in total. The molecule has 3 rings (SSSR count). The minimum Gasteiger partial charge on any atom is -0.355 e. The first-order valence-electron chi connectivity index (χ1n) is 9.55. The lowest BCUT2D eigenvalue weighted by molar-refractivity contribution is -0.138. The molecule has 29 heavy (non-hydrogen) atoms. The van der Waals surface area contributed by atoms with Gasteiger partial charge in [-0.2, -0.15) is 13.2 Å². The van der Waals surface area contributed by atoms with Crippen molar-refractivity contribution in [3.05, 3.63) is 59.5 Å². The first-order chi connectivity index (χ1) is 13.7. The Morgan fingerprint density at radius 2 is 1.93 bits per heavy atom. The van der Waals surface area contributed by atoms with Gasteiger partial charge in [0.05, 0.1) is 5.56 Å². The summed E-state index contributed by atoms with van der Waals surface area (Å²) in [5.41, 5.74) is -0.00435. The molecule has 1 aliphatic heterocycles. The van der Waals surface area contributed by atoms with Gasteiger partial charge >= 0.3 is 6.18 Å². The Morgan fingerprint density at radius 1 is 1.14 bits per heavy atom. The summed E-state index contributed by atoms with van der Waals surface area (Å²) in [6.07, 6.45) is -2.42. The number of carbonyl (C=O) groups excluding carboxylic acids is 1. The van der Waals surface area contributed by atoms with E-state index in [0.29, 0.717) is 44.8 Å². The maximum absolute atomic E-state index is 13.4. The van der Waals surface area contributed by atoms with Crippen LogP contribution in [0, 0.1) is 11.7 Å². The summed E-state index contributed by atoms with van der Waals surface area (Å²) in [5, 5.41) is 0. The van der Waals surface area contributed by atoms with Crippen molar-refractivity contribution in [1.82, 2.24) is 9.88 Å². The lowest BCUT2D eigenvalue weighted by atomic mass is 9.99. The molecule has 1 fully saturated rings. The molecule has 8 heteroatoms. The van der Waals surface area contributed by atoms with Crippen LogP contribution >= 0.6 is 0 Å². The first-order valence-corrected chi connectivity index (χ1v) is 9.55. The molecule has 1 saturated heterocycles. The van der Waals surface area contributed by atoms with Crippen molar-refractivity contribution in [2.45, 2.75) is 25.9 Å². The molecule has 1 aliphatic rings. The van der Waals surface area contributed by atoms with Crippen LogP contribution in [0.2, 0.25) is 0 Å². The fraction of sp³-hybridized carbons (Fsp3) is 0.429. The van der Waals surface area contributed by atoms with Crippen molar-refractivity contribution in [1.29, 1.82) is 0 Å². The number of hydrogen-bond acceptors (Lipinski definition) is 3. The Balaban J connectivity index is 1.59. The van der Waals surface area contributed by atoms with Crippen LogP contribution in [-0.4, -0.2) is 42.0 Å². The normalized spacial score (nSPS) is 16.4. The van der Waals surface area contributed by atoms with Crippen molar-refractivity contribution in [3.63, 3.8) is 0 Å². The standard InChI is InChI=1S/C21H23F4N3O/c1-15(12-16-4-2-5-18(22)13-16)20(29)28-9-3-8-27(10-11-28)19-7-6-17(14-26-19)21(23,24)25/h2,4-7,13-15H,3,8-12H2,1H3. The molecule has 0 saturated carbocycles. The maximum atomic E-state index is 13.4. The largest absolute Gasteiger partial charge is 0.417 e. The monoisotopic (exact) mass is 409 g/mol. The second-order valence-electron chi connectivity index (χ2n) is 7.30. The lowest BCUT2D eigenvalue weighted by Gasteiger charge is -2.25. The van der Waals surface area contributed by atoms with Crippen LogP contribution in [0.15, 0.2) is 42.6 Å². The highest BCUT2D eigenvalue weighted by Crippen LogP contribution is 2.29. The summed E-state index contributed by atoms with van der Waals surface area (Å²) < 4.78 is 51.5. The van der Waals surface area contributed by atoms with E-state index in [0.717, 1.165) is 17.8 Å². The van der Waals surface area contributed by atoms with Crippen LogP contribution in [0.25, 0.3) is 0 Å². The van der Waals surface area contributed by atoms with Gasteiger partial charge in [-0.1, -0.05) is 19.1 Å². The number of alkyl halides is 3. The molecular formula is C21H23F4N3O. The number of hydrogen-bond donors (Lipinski definition) is 0. The van der Waals surface area contributed by atoms with Gasteiger partial charge in [-0.15, -0.1) is 0 Å². The Bertz CT molecular complexity index is 839. The molecule has 0 bridgehead atoms. The third kappa shape index (κ3) is 5.46. The molecule has 1 atom stereocenters. The Hall–Kier alpha value is -2.64.